The number of aliphatic hydroxyl groups is 1. The van der Waals surface area contributed by atoms with Crippen LogP contribution in [-0.2, 0) is 4.79 Å². The van der Waals surface area contributed by atoms with E-state index in [0.717, 1.165) is 11.1 Å². The lowest BCUT2D eigenvalue weighted by atomic mass is 9.94. The number of hydrogen-bond acceptors (Lipinski definition) is 4. The van der Waals surface area contributed by atoms with Crippen molar-refractivity contribution in [1.29, 1.82) is 0 Å². The van der Waals surface area contributed by atoms with Gasteiger partial charge in [-0.15, -0.1) is 0 Å². The Morgan fingerprint density at radius 3 is 2.57 bits per heavy atom. The largest absolute Gasteiger partial charge is 0.496 e. The fourth-order valence-electron chi connectivity index (χ4n) is 2.62. The molecule has 0 amide bonds. The number of carboxylic acids is 1. The van der Waals surface area contributed by atoms with Crippen molar-refractivity contribution < 1.29 is 19.7 Å². The molecule has 1 aromatic carbocycles. The highest BCUT2D eigenvalue weighted by molar-refractivity contribution is 5.66. The van der Waals surface area contributed by atoms with Crippen molar-refractivity contribution in [2.75, 3.05) is 13.7 Å². The van der Waals surface area contributed by atoms with E-state index in [1.165, 1.54) is 0 Å². The standard InChI is InChI=1S/C16H25NO4/c1-5-17-13(6-7-14(18)19)15(20)12-9-10(2)8-11(3)16(12)21-4/h8-9,13,15,17,20H,5-7H2,1-4H3,(H,18,19). The maximum absolute atomic E-state index is 10.8. The summed E-state index contributed by atoms with van der Waals surface area (Å²) in [5.41, 5.74) is 2.70. The minimum absolute atomic E-state index is 0.0157. The third-order valence-corrected chi connectivity index (χ3v) is 3.49. The number of benzene rings is 1. The molecule has 0 aromatic heterocycles. The summed E-state index contributed by atoms with van der Waals surface area (Å²) in [4.78, 5) is 10.8. The van der Waals surface area contributed by atoms with Gasteiger partial charge in [-0.25, -0.2) is 0 Å². The number of aliphatic hydroxyl groups excluding tert-OH is 1. The van der Waals surface area contributed by atoms with Gasteiger partial charge in [0.2, 0.25) is 0 Å². The lowest BCUT2D eigenvalue weighted by molar-refractivity contribution is -0.137. The highest BCUT2D eigenvalue weighted by Gasteiger charge is 2.24. The minimum Gasteiger partial charge on any atom is -0.496 e. The summed E-state index contributed by atoms with van der Waals surface area (Å²) >= 11 is 0. The first kappa shape index (κ1) is 17.5. The summed E-state index contributed by atoms with van der Waals surface area (Å²) in [6.07, 6.45) is -0.430. The quantitative estimate of drug-likeness (QED) is 0.685. The number of hydrogen-bond donors (Lipinski definition) is 3. The van der Waals surface area contributed by atoms with Crippen LogP contribution in [0.2, 0.25) is 0 Å². The monoisotopic (exact) mass is 295 g/mol. The van der Waals surface area contributed by atoms with Crippen LogP contribution in [0.3, 0.4) is 0 Å². The van der Waals surface area contributed by atoms with E-state index in [9.17, 15) is 9.90 Å². The number of rotatable bonds is 8. The Labute approximate surface area is 125 Å². The van der Waals surface area contributed by atoms with E-state index >= 15 is 0 Å². The summed E-state index contributed by atoms with van der Waals surface area (Å²) in [7, 11) is 1.58. The summed E-state index contributed by atoms with van der Waals surface area (Å²) in [5, 5.41) is 22.6. The molecule has 2 unspecified atom stereocenters. The number of aryl methyl sites for hydroxylation is 2. The van der Waals surface area contributed by atoms with Crippen molar-refractivity contribution >= 4 is 5.97 Å². The number of nitrogens with one attached hydrogen (secondary N) is 1. The third kappa shape index (κ3) is 4.72. The Hall–Kier alpha value is -1.59. The van der Waals surface area contributed by atoms with Crippen LogP contribution < -0.4 is 10.1 Å². The molecule has 0 aliphatic heterocycles. The molecule has 0 heterocycles. The smallest absolute Gasteiger partial charge is 0.303 e. The van der Waals surface area contributed by atoms with E-state index < -0.39 is 12.1 Å². The Morgan fingerprint density at radius 1 is 1.38 bits per heavy atom. The van der Waals surface area contributed by atoms with Crippen LogP contribution in [0.25, 0.3) is 0 Å². The number of methoxy groups -OCH3 is 1. The first-order chi connectivity index (χ1) is 9.90. The normalized spacial score (nSPS) is 13.8. The second kappa shape index (κ2) is 8.00. The molecule has 0 aliphatic rings. The van der Waals surface area contributed by atoms with E-state index in [-0.39, 0.29) is 12.5 Å². The fraction of sp³-hybridized carbons (Fsp3) is 0.562. The summed E-state index contributed by atoms with van der Waals surface area (Å²) in [6.45, 7) is 6.48. The second-order valence-corrected chi connectivity index (χ2v) is 5.25. The molecule has 21 heavy (non-hydrogen) atoms. The van der Waals surface area contributed by atoms with Gasteiger partial charge in [0.1, 0.15) is 5.75 Å². The Kier molecular flexibility index (Phi) is 6.65. The lowest BCUT2D eigenvalue weighted by Gasteiger charge is -2.26. The highest BCUT2D eigenvalue weighted by atomic mass is 16.5. The molecule has 5 nitrogen and oxygen atoms in total. The van der Waals surface area contributed by atoms with Gasteiger partial charge in [0.25, 0.3) is 0 Å². The van der Waals surface area contributed by atoms with Crippen LogP contribution in [-0.4, -0.2) is 35.9 Å². The van der Waals surface area contributed by atoms with Crippen LogP contribution in [0.1, 0.15) is 42.6 Å². The van der Waals surface area contributed by atoms with Gasteiger partial charge in [0.15, 0.2) is 0 Å². The molecule has 0 radical (unpaired) electrons. The Bertz CT molecular complexity index is 487. The zero-order valence-corrected chi connectivity index (χ0v) is 13.1. The van der Waals surface area contributed by atoms with Gasteiger partial charge >= 0.3 is 5.97 Å². The maximum Gasteiger partial charge on any atom is 0.303 e. The topological polar surface area (TPSA) is 78.8 Å². The third-order valence-electron chi connectivity index (χ3n) is 3.49. The van der Waals surface area contributed by atoms with E-state index in [1.807, 2.05) is 32.9 Å². The van der Waals surface area contributed by atoms with Gasteiger partial charge in [0, 0.05) is 18.0 Å². The van der Waals surface area contributed by atoms with Crippen molar-refractivity contribution in [2.45, 2.75) is 45.8 Å². The van der Waals surface area contributed by atoms with E-state index in [4.69, 9.17) is 9.84 Å². The summed E-state index contributed by atoms with van der Waals surface area (Å²) < 4.78 is 5.40. The van der Waals surface area contributed by atoms with E-state index in [2.05, 4.69) is 5.32 Å². The molecular weight excluding hydrogens is 270 g/mol. The van der Waals surface area contributed by atoms with Gasteiger partial charge in [0.05, 0.1) is 13.2 Å². The molecule has 118 valence electrons. The van der Waals surface area contributed by atoms with Crippen LogP contribution in [0.5, 0.6) is 5.75 Å². The first-order valence-electron chi connectivity index (χ1n) is 7.19. The number of carboxylic acid groups (broad SMARTS) is 1. The molecular formula is C16H25NO4. The van der Waals surface area contributed by atoms with Gasteiger partial charge < -0.3 is 20.3 Å². The maximum atomic E-state index is 10.8. The van der Waals surface area contributed by atoms with Crippen LogP contribution in [0.4, 0.5) is 0 Å². The number of carbonyl (C=O) groups is 1. The first-order valence-corrected chi connectivity index (χ1v) is 7.19. The predicted molar refractivity (Wildman–Crippen MR) is 81.8 cm³/mol. The zero-order chi connectivity index (χ0) is 16.0. The summed E-state index contributed by atoms with van der Waals surface area (Å²) in [6, 6.07) is 3.57. The molecule has 5 heteroatoms. The van der Waals surface area contributed by atoms with Gasteiger partial charge in [-0.05, 0) is 38.4 Å². The Morgan fingerprint density at radius 2 is 2.05 bits per heavy atom. The highest BCUT2D eigenvalue weighted by Crippen LogP contribution is 2.32. The van der Waals surface area contributed by atoms with E-state index in [0.29, 0.717) is 24.3 Å². The fourth-order valence-corrected chi connectivity index (χ4v) is 2.62. The van der Waals surface area contributed by atoms with Crippen LogP contribution in [0.15, 0.2) is 12.1 Å². The van der Waals surface area contributed by atoms with Crippen molar-refractivity contribution in [3.63, 3.8) is 0 Å². The number of aliphatic carboxylic acids is 1. The number of likely N-dealkylation sites (N-methyl/N-ethyl adjacent to an activating group) is 1. The molecule has 1 rings (SSSR count). The average Bonchev–Trinajstić information content (AvgIpc) is 2.41. The predicted octanol–water partition coefficient (Wildman–Crippen LogP) is 2.19. The van der Waals surface area contributed by atoms with Crippen molar-refractivity contribution in [3.05, 3.63) is 28.8 Å². The van der Waals surface area contributed by atoms with Crippen molar-refractivity contribution in [3.8, 4) is 5.75 Å². The molecule has 0 bridgehead atoms. The van der Waals surface area contributed by atoms with Gasteiger partial charge in [-0.1, -0.05) is 18.6 Å². The minimum atomic E-state index is -0.863. The molecule has 0 aliphatic carbocycles. The zero-order valence-electron chi connectivity index (χ0n) is 13.1. The molecule has 0 saturated heterocycles. The SMILES string of the molecule is CCNC(CCC(=O)O)C(O)c1cc(C)cc(C)c1OC. The molecule has 0 spiro atoms. The Balaban J connectivity index is 3.07. The van der Waals surface area contributed by atoms with Crippen molar-refractivity contribution in [1.82, 2.24) is 5.32 Å². The summed E-state index contributed by atoms with van der Waals surface area (Å²) in [5.74, 6) is -0.205. The van der Waals surface area contributed by atoms with Gasteiger partial charge in [-0.2, -0.15) is 0 Å². The van der Waals surface area contributed by atoms with Crippen LogP contribution >= 0.6 is 0 Å². The molecule has 3 N–H and O–H groups in total. The lowest BCUT2D eigenvalue weighted by Crippen LogP contribution is -2.35. The van der Waals surface area contributed by atoms with Crippen molar-refractivity contribution in [2.24, 2.45) is 0 Å². The van der Waals surface area contributed by atoms with Gasteiger partial charge in [-0.3, -0.25) is 4.79 Å². The molecule has 2 atom stereocenters. The average molecular weight is 295 g/mol. The van der Waals surface area contributed by atoms with Crippen LogP contribution in [0, 0.1) is 13.8 Å². The molecule has 1 aromatic rings. The molecule has 0 saturated carbocycles. The number of ether oxygens (including phenoxy) is 1. The second-order valence-electron chi connectivity index (χ2n) is 5.25. The molecule has 0 fully saturated rings. The van der Waals surface area contributed by atoms with E-state index in [1.54, 1.807) is 7.11 Å².